The third kappa shape index (κ3) is 2.54. The Labute approximate surface area is 99.4 Å². The van der Waals surface area contributed by atoms with Gasteiger partial charge in [-0.3, -0.25) is 9.00 Å². The third-order valence-corrected chi connectivity index (χ3v) is 5.89. The Morgan fingerprint density at radius 1 is 1.31 bits per heavy atom. The van der Waals surface area contributed by atoms with Gasteiger partial charge in [0.05, 0.1) is 6.61 Å². The number of carbonyl (C=O) groups is 1. The summed E-state index contributed by atoms with van der Waals surface area (Å²) in [7, 11) is -0.647. The summed E-state index contributed by atoms with van der Waals surface area (Å²) in [4.78, 5) is 11.9. The first-order chi connectivity index (χ1) is 7.72. The van der Waals surface area contributed by atoms with Crippen molar-refractivity contribution in [2.45, 2.75) is 49.5 Å². The van der Waals surface area contributed by atoms with Crippen molar-refractivity contribution in [2.24, 2.45) is 5.92 Å². The van der Waals surface area contributed by atoms with Crippen LogP contribution in [0, 0.1) is 5.92 Å². The molecular weight excluding hydrogens is 224 g/mol. The van der Waals surface area contributed by atoms with Crippen molar-refractivity contribution in [1.29, 1.82) is 0 Å². The van der Waals surface area contributed by atoms with Crippen LogP contribution in [0.2, 0.25) is 0 Å². The fourth-order valence-electron chi connectivity index (χ4n) is 2.82. The van der Waals surface area contributed by atoms with E-state index in [-0.39, 0.29) is 5.92 Å². The summed E-state index contributed by atoms with van der Waals surface area (Å²) in [6.07, 6.45) is 4.37. The van der Waals surface area contributed by atoms with Crippen LogP contribution in [0.25, 0.3) is 0 Å². The summed E-state index contributed by atoms with van der Waals surface area (Å²) in [5.41, 5.74) is 0. The van der Waals surface area contributed by atoms with E-state index in [0.29, 0.717) is 35.9 Å². The van der Waals surface area contributed by atoms with Gasteiger partial charge in [-0.1, -0.05) is 0 Å². The Balaban J connectivity index is 1.83. The molecule has 2 rings (SSSR count). The smallest absolute Gasteiger partial charge is 0.138 e. The topological polar surface area (TPSA) is 43.4 Å². The van der Waals surface area contributed by atoms with Crippen LogP contribution in [0.1, 0.15) is 39.0 Å². The van der Waals surface area contributed by atoms with Crippen molar-refractivity contribution < 1.29 is 13.7 Å². The van der Waals surface area contributed by atoms with Crippen molar-refractivity contribution in [3.63, 3.8) is 0 Å². The van der Waals surface area contributed by atoms with E-state index in [2.05, 4.69) is 0 Å². The first-order valence-corrected chi connectivity index (χ1v) is 7.49. The number of Topliss-reactive ketones (excluding diaryl/α,β-unsaturated/α-hetero) is 1. The molecule has 0 aromatic heterocycles. The molecule has 0 aromatic carbocycles. The Morgan fingerprint density at radius 2 is 1.94 bits per heavy atom. The summed E-state index contributed by atoms with van der Waals surface area (Å²) in [5.74, 6) is 0.484. The summed E-state index contributed by atoms with van der Waals surface area (Å²) < 4.78 is 17.0. The van der Waals surface area contributed by atoms with Gasteiger partial charge in [0.1, 0.15) is 5.78 Å². The molecule has 92 valence electrons. The fourth-order valence-corrected chi connectivity index (χ4v) is 4.94. The van der Waals surface area contributed by atoms with E-state index in [1.807, 2.05) is 6.92 Å². The minimum absolute atomic E-state index is 0.163. The minimum Gasteiger partial charge on any atom is -0.381 e. The number of fused-ring (bicyclic) bond motifs is 2. The van der Waals surface area contributed by atoms with E-state index < -0.39 is 10.8 Å². The predicted molar refractivity (Wildman–Crippen MR) is 63.8 cm³/mol. The quantitative estimate of drug-likeness (QED) is 0.691. The van der Waals surface area contributed by atoms with Crippen molar-refractivity contribution in [3.8, 4) is 0 Å². The predicted octanol–water partition coefficient (Wildman–Crippen LogP) is 1.67. The molecule has 2 aliphatic rings. The SMILES string of the molecule is CCOCCC(=O)C1CC2CCC(C1)S2=O. The molecule has 2 saturated heterocycles. The summed E-state index contributed by atoms with van der Waals surface area (Å²) in [5, 5.41) is 0.611. The van der Waals surface area contributed by atoms with Gasteiger partial charge < -0.3 is 4.74 Å². The second kappa shape index (κ2) is 5.41. The number of hydrogen-bond acceptors (Lipinski definition) is 3. The van der Waals surface area contributed by atoms with E-state index in [4.69, 9.17) is 4.74 Å². The molecule has 2 heterocycles. The van der Waals surface area contributed by atoms with Gasteiger partial charge in [-0.05, 0) is 32.6 Å². The molecule has 3 nitrogen and oxygen atoms in total. The first kappa shape index (κ1) is 12.2. The van der Waals surface area contributed by atoms with E-state index in [0.717, 1.165) is 25.7 Å². The van der Waals surface area contributed by atoms with E-state index in [1.54, 1.807) is 0 Å². The number of ether oxygens (including phenoxy) is 1. The fraction of sp³-hybridized carbons (Fsp3) is 0.917. The van der Waals surface area contributed by atoms with Gasteiger partial charge in [0.2, 0.25) is 0 Å². The Morgan fingerprint density at radius 3 is 2.50 bits per heavy atom. The summed E-state index contributed by atoms with van der Waals surface area (Å²) >= 11 is 0. The van der Waals surface area contributed by atoms with Crippen LogP contribution in [0.3, 0.4) is 0 Å². The van der Waals surface area contributed by atoms with E-state index in [9.17, 15) is 9.00 Å². The molecule has 2 unspecified atom stereocenters. The molecule has 0 spiro atoms. The zero-order valence-corrected chi connectivity index (χ0v) is 10.6. The lowest BCUT2D eigenvalue weighted by atomic mass is 9.93. The lowest BCUT2D eigenvalue weighted by Crippen LogP contribution is -2.32. The summed E-state index contributed by atoms with van der Waals surface area (Å²) in [6, 6.07) is 0. The molecule has 0 saturated carbocycles. The molecule has 0 N–H and O–H groups in total. The molecule has 2 fully saturated rings. The molecule has 0 aliphatic carbocycles. The highest BCUT2D eigenvalue weighted by Gasteiger charge is 2.42. The number of carbonyl (C=O) groups excluding carboxylic acids is 1. The molecule has 4 heteroatoms. The number of hydrogen-bond donors (Lipinski definition) is 0. The summed E-state index contributed by atoms with van der Waals surface area (Å²) in [6.45, 7) is 3.16. The second-order valence-electron chi connectivity index (χ2n) is 4.73. The molecule has 0 radical (unpaired) electrons. The maximum absolute atomic E-state index is 11.9. The van der Waals surface area contributed by atoms with Gasteiger partial charge in [-0.2, -0.15) is 0 Å². The average Bonchev–Trinajstić information content (AvgIpc) is 2.53. The van der Waals surface area contributed by atoms with Crippen LogP contribution in [-0.2, 0) is 20.3 Å². The molecule has 0 amide bonds. The van der Waals surface area contributed by atoms with E-state index in [1.165, 1.54) is 0 Å². The normalized spacial score (nSPS) is 37.6. The lowest BCUT2D eigenvalue weighted by molar-refractivity contribution is -0.124. The van der Waals surface area contributed by atoms with E-state index >= 15 is 0 Å². The largest absolute Gasteiger partial charge is 0.381 e. The van der Waals surface area contributed by atoms with Crippen molar-refractivity contribution in [1.82, 2.24) is 0 Å². The second-order valence-corrected chi connectivity index (χ2v) is 6.72. The Hall–Kier alpha value is -0.220. The van der Waals surface area contributed by atoms with Crippen molar-refractivity contribution in [2.75, 3.05) is 13.2 Å². The molecule has 2 atom stereocenters. The molecule has 2 aliphatic heterocycles. The lowest BCUT2D eigenvalue weighted by Gasteiger charge is -2.26. The highest BCUT2D eigenvalue weighted by Crippen LogP contribution is 2.39. The molecule has 16 heavy (non-hydrogen) atoms. The highest BCUT2D eigenvalue weighted by molar-refractivity contribution is 7.86. The zero-order valence-electron chi connectivity index (χ0n) is 9.81. The Kier molecular flexibility index (Phi) is 4.14. The third-order valence-electron chi connectivity index (χ3n) is 3.71. The first-order valence-electron chi connectivity index (χ1n) is 6.22. The molecular formula is C12H20O3S. The monoisotopic (exact) mass is 244 g/mol. The Bertz CT molecular complexity index is 274. The van der Waals surface area contributed by atoms with Gasteiger partial charge in [-0.25, -0.2) is 0 Å². The van der Waals surface area contributed by atoms with Gasteiger partial charge in [0.15, 0.2) is 0 Å². The van der Waals surface area contributed by atoms with Crippen LogP contribution in [-0.4, -0.2) is 33.7 Å². The maximum Gasteiger partial charge on any atom is 0.138 e. The van der Waals surface area contributed by atoms with Crippen molar-refractivity contribution in [3.05, 3.63) is 0 Å². The van der Waals surface area contributed by atoms with Gasteiger partial charge in [-0.15, -0.1) is 0 Å². The van der Waals surface area contributed by atoms with Gasteiger partial charge >= 0.3 is 0 Å². The molecule has 2 bridgehead atoms. The standard InChI is InChI=1S/C12H20O3S/c1-2-15-6-5-12(13)9-7-10-3-4-11(8-9)16(10)14/h9-11H,2-8H2,1H3. The number of ketones is 1. The number of rotatable bonds is 5. The highest BCUT2D eigenvalue weighted by atomic mass is 32.2. The zero-order chi connectivity index (χ0) is 11.5. The minimum atomic E-state index is -0.647. The van der Waals surface area contributed by atoms with Crippen LogP contribution in [0.5, 0.6) is 0 Å². The van der Waals surface area contributed by atoms with Crippen LogP contribution in [0.4, 0.5) is 0 Å². The average molecular weight is 244 g/mol. The van der Waals surface area contributed by atoms with Crippen LogP contribution in [0.15, 0.2) is 0 Å². The van der Waals surface area contributed by atoms with Crippen molar-refractivity contribution >= 4 is 16.6 Å². The molecule has 0 aromatic rings. The van der Waals surface area contributed by atoms with Gasteiger partial charge in [0.25, 0.3) is 0 Å². The maximum atomic E-state index is 11.9. The van der Waals surface area contributed by atoms with Gasteiger partial charge in [0, 0.05) is 40.2 Å². The van der Waals surface area contributed by atoms with Crippen LogP contribution < -0.4 is 0 Å². The van der Waals surface area contributed by atoms with Crippen LogP contribution >= 0.6 is 0 Å².